The summed E-state index contributed by atoms with van der Waals surface area (Å²) in [5.74, 6) is -0.106. The third kappa shape index (κ3) is 8.45. The number of amides is 2. The molecule has 3 aliphatic rings. The Balaban J connectivity index is 1.09. The van der Waals surface area contributed by atoms with E-state index in [1.807, 2.05) is 59.7 Å². The van der Waals surface area contributed by atoms with E-state index in [2.05, 4.69) is 10.2 Å². The van der Waals surface area contributed by atoms with E-state index in [4.69, 9.17) is 4.74 Å². The Morgan fingerprint density at radius 3 is 2.50 bits per heavy atom. The first-order chi connectivity index (χ1) is 23.1. The van der Waals surface area contributed by atoms with Crippen molar-refractivity contribution in [3.05, 3.63) is 64.5 Å². The number of hydrogen-bond donors (Lipinski definition) is 1. The zero-order valence-electron chi connectivity index (χ0n) is 27.2. The maximum absolute atomic E-state index is 13.9. The van der Waals surface area contributed by atoms with Crippen LogP contribution in [0.1, 0.15) is 53.6 Å². The van der Waals surface area contributed by atoms with E-state index in [-0.39, 0.29) is 42.3 Å². The van der Waals surface area contributed by atoms with Gasteiger partial charge in [0.1, 0.15) is 6.29 Å². The summed E-state index contributed by atoms with van der Waals surface area (Å²) in [6.45, 7) is 3.66. The lowest BCUT2D eigenvalue weighted by atomic mass is 9.88. The van der Waals surface area contributed by atoms with E-state index in [0.29, 0.717) is 57.0 Å². The second kappa shape index (κ2) is 15.1. The third-order valence-electron chi connectivity index (χ3n) is 10.1. The van der Waals surface area contributed by atoms with Crippen LogP contribution in [-0.4, -0.2) is 103 Å². The van der Waals surface area contributed by atoms with E-state index in [1.54, 1.807) is 0 Å². The van der Waals surface area contributed by atoms with Gasteiger partial charge in [0.2, 0.25) is 5.91 Å². The van der Waals surface area contributed by atoms with Gasteiger partial charge in [0.15, 0.2) is 0 Å². The van der Waals surface area contributed by atoms with Crippen LogP contribution in [-0.2, 0) is 20.7 Å². The number of carbonyl (C=O) groups is 3. The van der Waals surface area contributed by atoms with Gasteiger partial charge < -0.3 is 19.7 Å². The summed E-state index contributed by atoms with van der Waals surface area (Å²) < 4.78 is 46.2. The van der Waals surface area contributed by atoms with Gasteiger partial charge >= 0.3 is 6.18 Å². The summed E-state index contributed by atoms with van der Waals surface area (Å²) in [5.41, 5.74) is 3.01. The summed E-state index contributed by atoms with van der Waals surface area (Å²) in [6, 6.07) is 13.4. The molecule has 1 aromatic heterocycles. The number of rotatable bonds is 10. The van der Waals surface area contributed by atoms with Gasteiger partial charge in [-0.2, -0.15) is 13.2 Å². The van der Waals surface area contributed by atoms with E-state index in [9.17, 15) is 27.6 Å². The van der Waals surface area contributed by atoms with Crippen molar-refractivity contribution in [3.8, 4) is 0 Å². The SMILES string of the molecule is Cc1cc(CC(=O)N2C[C@@H](N3CCN(CC(F)(F)F)CC3)C[C@H]2COC2CCC(C=O)CC2)ccc1NC(=O)c1csc2ccccc12. The Morgan fingerprint density at radius 1 is 1.04 bits per heavy atom. The molecule has 3 fully saturated rings. The molecular weight excluding hydrogens is 641 g/mol. The first kappa shape index (κ1) is 34.5. The number of likely N-dealkylation sites (tertiary alicyclic amines) is 1. The molecule has 2 aliphatic heterocycles. The van der Waals surface area contributed by atoms with Gasteiger partial charge in [0.25, 0.3) is 5.91 Å². The highest BCUT2D eigenvalue weighted by atomic mass is 32.1. The molecule has 3 heterocycles. The van der Waals surface area contributed by atoms with Crippen molar-refractivity contribution in [2.75, 3.05) is 51.2 Å². The van der Waals surface area contributed by atoms with E-state index < -0.39 is 12.7 Å². The van der Waals surface area contributed by atoms with Crippen LogP contribution in [0.5, 0.6) is 0 Å². The van der Waals surface area contributed by atoms with Gasteiger partial charge in [-0.25, -0.2) is 0 Å². The molecular formula is C36H43F3N4O4S. The normalized spacial score (nSPS) is 24.2. The van der Waals surface area contributed by atoms with Gasteiger partial charge in [0, 0.05) is 65.8 Å². The first-order valence-electron chi connectivity index (χ1n) is 16.8. The number of fused-ring (bicyclic) bond motifs is 1. The molecule has 2 amide bonds. The Kier molecular flexibility index (Phi) is 10.8. The number of alkyl halides is 3. The average molecular weight is 685 g/mol. The quantitative estimate of drug-likeness (QED) is 0.267. The maximum atomic E-state index is 13.9. The number of nitrogens with zero attached hydrogens (tertiary/aromatic N) is 3. The number of aldehydes is 1. The largest absolute Gasteiger partial charge is 0.401 e. The van der Waals surface area contributed by atoms with Crippen LogP contribution >= 0.6 is 11.3 Å². The lowest BCUT2D eigenvalue weighted by Crippen LogP contribution is -2.52. The summed E-state index contributed by atoms with van der Waals surface area (Å²) in [7, 11) is 0. The second-order valence-corrected chi connectivity index (χ2v) is 14.4. The molecule has 0 unspecified atom stereocenters. The van der Waals surface area contributed by atoms with Crippen molar-refractivity contribution in [3.63, 3.8) is 0 Å². The molecule has 6 rings (SSSR count). The number of hydrogen-bond acceptors (Lipinski definition) is 7. The van der Waals surface area contributed by atoms with E-state index >= 15 is 0 Å². The molecule has 2 atom stereocenters. The Labute approximate surface area is 283 Å². The fraction of sp³-hybridized carbons (Fsp3) is 0.528. The van der Waals surface area contributed by atoms with Crippen LogP contribution in [0.25, 0.3) is 10.1 Å². The van der Waals surface area contributed by atoms with Crippen molar-refractivity contribution >= 4 is 45.2 Å². The summed E-state index contributed by atoms with van der Waals surface area (Å²) >= 11 is 1.53. The molecule has 1 saturated carbocycles. The number of nitrogens with one attached hydrogen (secondary N) is 1. The fourth-order valence-corrected chi connectivity index (χ4v) is 8.33. The third-order valence-corrected chi connectivity index (χ3v) is 11.1. The lowest BCUT2D eigenvalue weighted by Gasteiger charge is -2.38. The zero-order valence-corrected chi connectivity index (χ0v) is 28.0. The van der Waals surface area contributed by atoms with Gasteiger partial charge in [-0.3, -0.25) is 19.4 Å². The van der Waals surface area contributed by atoms with Crippen molar-refractivity contribution in [2.24, 2.45) is 5.92 Å². The number of aryl methyl sites for hydroxylation is 1. The molecule has 3 aromatic rings. The van der Waals surface area contributed by atoms with Crippen LogP contribution in [0.15, 0.2) is 47.8 Å². The minimum atomic E-state index is -4.22. The number of anilines is 1. The van der Waals surface area contributed by atoms with Crippen LogP contribution in [0.4, 0.5) is 18.9 Å². The molecule has 1 N–H and O–H groups in total. The molecule has 48 heavy (non-hydrogen) atoms. The van der Waals surface area contributed by atoms with Crippen LogP contribution in [0, 0.1) is 12.8 Å². The van der Waals surface area contributed by atoms with E-state index in [0.717, 1.165) is 53.2 Å². The summed E-state index contributed by atoms with van der Waals surface area (Å²) in [6.07, 6.45) is 1.03. The number of carbonyl (C=O) groups excluding carboxylic acids is 3. The van der Waals surface area contributed by atoms with Crippen LogP contribution in [0.2, 0.25) is 0 Å². The summed E-state index contributed by atoms with van der Waals surface area (Å²) in [5, 5.41) is 5.81. The average Bonchev–Trinajstić information content (AvgIpc) is 3.70. The maximum Gasteiger partial charge on any atom is 0.401 e. The minimum absolute atomic E-state index is 0.0209. The molecule has 258 valence electrons. The number of thiophene rings is 1. The number of piperazine rings is 1. The molecule has 2 saturated heterocycles. The predicted octanol–water partition coefficient (Wildman–Crippen LogP) is 5.93. The summed E-state index contributed by atoms with van der Waals surface area (Å²) in [4.78, 5) is 43.7. The van der Waals surface area contributed by atoms with Crippen molar-refractivity contribution < 1.29 is 32.3 Å². The molecule has 12 heteroatoms. The number of halogens is 3. The second-order valence-electron chi connectivity index (χ2n) is 13.4. The highest BCUT2D eigenvalue weighted by molar-refractivity contribution is 7.17. The lowest BCUT2D eigenvalue weighted by molar-refractivity contribution is -0.150. The number of ether oxygens (including phenoxy) is 1. The van der Waals surface area contributed by atoms with Crippen molar-refractivity contribution in [2.45, 2.75) is 69.8 Å². The Bertz CT molecular complexity index is 1600. The monoisotopic (exact) mass is 684 g/mol. The molecule has 1 aliphatic carbocycles. The molecule has 2 aromatic carbocycles. The van der Waals surface area contributed by atoms with Crippen LogP contribution in [0.3, 0.4) is 0 Å². The smallest absolute Gasteiger partial charge is 0.376 e. The Morgan fingerprint density at radius 2 is 1.79 bits per heavy atom. The van der Waals surface area contributed by atoms with Gasteiger partial charge in [-0.1, -0.05) is 30.3 Å². The van der Waals surface area contributed by atoms with Gasteiger partial charge in [0.05, 0.1) is 37.3 Å². The van der Waals surface area contributed by atoms with Crippen molar-refractivity contribution in [1.29, 1.82) is 0 Å². The highest BCUT2D eigenvalue weighted by Gasteiger charge is 2.40. The Hall–Kier alpha value is -3.32. The topological polar surface area (TPSA) is 82.2 Å². The molecule has 8 nitrogen and oxygen atoms in total. The van der Waals surface area contributed by atoms with E-state index in [1.165, 1.54) is 16.2 Å². The van der Waals surface area contributed by atoms with Gasteiger partial charge in [-0.15, -0.1) is 11.3 Å². The molecule has 0 radical (unpaired) electrons. The number of benzene rings is 2. The highest BCUT2D eigenvalue weighted by Crippen LogP contribution is 2.30. The molecule has 0 spiro atoms. The zero-order chi connectivity index (χ0) is 33.8. The van der Waals surface area contributed by atoms with Gasteiger partial charge in [-0.05, 0) is 62.3 Å². The minimum Gasteiger partial charge on any atom is -0.376 e. The molecule has 0 bridgehead atoms. The predicted molar refractivity (Wildman–Crippen MR) is 180 cm³/mol. The van der Waals surface area contributed by atoms with Crippen LogP contribution < -0.4 is 5.32 Å². The fourth-order valence-electron chi connectivity index (χ4n) is 7.39. The van der Waals surface area contributed by atoms with Crippen molar-refractivity contribution in [1.82, 2.24) is 14.7 Å². The standard InChI is InChI=1S/C36H43F3N4O4S/c1-24-16-26(8-11-32(24)40-35(46)31-22-48-33-5-3-2-4-30(31)33)17-34(45)43-19-27(42-14-12-41(13-15-42)23-36(37,38)39)18-28(43)21-47-29-9-6-25(20-44)7-10-29/h2-5,8,11,16,20,22,25,27-29H,6-7,9-10,12-15,17-19,21,23H2,1H3,(H,40,46)/t25?,27-,28-,29?/m0/s1. The first-order valence-corrected chi connectivity index (χ1v) is 17.7.